The molecule has 0 aliphatic heterocycles. The van der Waals surface area contributed by atoms with Crippen LogP contribution in [0.15, 0.2) is 6.07 Å². The van der Waals surface area contributed by atoms with E-state index in [0.717, 1.165) is 32.6 Å². The molecule has 0 spiro atoms. The van der Waals surface area contributed by atoms with Gasteiger partial charge in [0.25, 0.3) is 0 Å². The fourth-order valence-corrected chi connectivity index (χ4v) is 4.55. The summed E-state index contributed by atoms with van der Waals surface area (Å²) in [6.45, 7) is 5.01. The second kappa shape index (κ2) is 7.82. The van der Waals surface area contributed by atoms with E-state index in [-0.39, 0.29) is 0 Å². The first-order valence-corrected chi connectivity index (χ1v) is 8.80. The topological polar surface area (TPSA) is 21.3 Å². The molecule has 0 saturated carbocycles. The predicted octanol–water partition coefficient (Wildman–Crippen LogP) is 4.14. The molecule has 1 atom stereocenters. The van der Waals surface area contributed by atoms with E-state index in [1.165, 1.54) is 22.1 Å². The van der Waals surface area contributed by atoms with E-state index in [1.54, 1.807) is 10.4 Å². The molecule has 0 aromatic carbocycles. The van der Waals surface area contributed by atoms with E-state index < -0.39 is 0 Å². The van der Waals surface area contributed by atoms with Crippen LogP contribution in [-0.4, -0.2) is 19.8 Å². The molecule has 0 saturated heterocycles. The quantitative estimate of drug-likeness (QED) is 0.568. The highest BCUT2D eigenvalue weighted by molar-refractivity contribution is 14.1. The zero-order chi connectivity index (χ0) is 12.8. The van der Waals surface area contributed by atoms with Gasteiger partial charge in [0.15, 0.2) is 0 Å². The fraction of sp³-hybridized carbons (Fsp3) is 0.714. The third kappa shape index (κ3) is 4.18. The van der Waals surface area contributed by atoms with Gasteiger partial charge < -0.3 is 10.1 Å². The van der Waals surface area contributed by atoms with Crippen molar-refractivity contribution in [2.45, 2.75) is 45.1 Å². The summed E-state index contributed by atoms with van der Waals surface area (Å²) >= 11 is 4.41. The van der Waals surface area contributed by atoms with Gasteiger partial charge in [-0.1, -0.05) is 6.92 Å². The van der Waals surface area contributed by atoms with Crippen LogP contribution < -0.4 is 5.32 Å². The van der Waals surface area contributed by atoms with Crippen LogP contribution in [0.5, 0.6) is 0 Å². The lowest BCUT2D eigenvalue weighted by atomic mass is 9.94. The van der Waals surface area contributed by atoms with E-state index in [0.29, 0.717) is 6.04 Å². The molecule has 0 radical (unpaired) electrons. The van der Waals surface area contributed by atoms with Crippen LogP contribution >= 0.6 is 33.9 Å². The number of rotatable bonds is 7. The molecule has 0 amide bonds. The molecule has 18 heavy (non-hydrogen) atoms. The van der Waals surface area contributed by atoms with Gasteiger partial charge in [-0.2, -0.15) is 0 Å². The summed E-state index contributed by atoms with van der Waals surface area (Å²) in [5.41, 5.74) is 1.56. The molecule has 1 aromatic heterocycles. The lowest BCUT2D eigenvalue weighted by Gasteiger charge is -2.23. The van der Waals surface area contributed by atoms with Crippen molar-refractivity contribution in [1.29, 1.82) is 0 Å². The maximum atomic E-state index is 5.51. The molecule has 1 N–H and O–H groups in total. The van der Waals surface area contributed by atoms with Crippen molar-refractivity contribution in [1.82, 2.24) is 5.32 Å². The second-order valence-electron chi connectivity index (χ2n) is 4.79. The molecule has 102 valence electrons. The van der Waals surface area contributed by atoms with Crippen molar-refractivity contribution in [2.24, 2.45) is 0 Å². The third-order valence-corrected chi connectivity index (χ3v) is 5.26. The summed E-state index contributed by atoms with van der Waals surface area (Å²) in [5, 5.41) is 3.69. The van der Waals surface area contributed by atoms with Crippen LogP contribution in [-0.2, 0) is 11.2 Å². The molecule has 2 nitrogen and oxygen atoms in total. The normalized spacial score (nSPS) is 18.9. The third-order valence-electron chi connectivity index (χ3n) is 3.29. The minimum atomic E-state index is 0.583. The van der Waals surface area contributed by atoms with E-state index in [2.05, 4.69) is 40.9 Å². The first kappa shape index (κ1) is 14.8. The Bertz CT molecular complexity index is 367. The highest BCUT2D eigenvalue weighted by Crippen LogP contribution is 2.36. The Labute approximate surface area is 128 Å². The Morgan fingerprint density at radius 1 is 1.50 bits per heavy atom. The first-order chi connectivity index (χ1) is 8.81. The molecule has 1 unspecified atom stereocenters. The van der Waals surface area contributed by atoms with E-state index >= 15 is 0 Å². The number of nitrogens with one attached hydrogen (secondary N) is 1. The monoisotopic (exact) mass is 379 g/mol. The molecule has 1 aromatic rings. The zero-order valence-corrected chi connectivity index (χ0v) is 14.0. The van der Waals surface area contributed by atoms with Gasteiger partial charge in [-0.15, -0.1) is 11.3 Å². The summed E-state index contributed by atoms with van der Waals surface area (Å²) in [6, 6.07) is 2.95. The number of hydrogen-bond acceptors (Lipinski definition) is 3. The Morgan fingerprint density at radius 2 is 2.39 bits per heavy atom. The molecule has 1 aliphatic carbocycles. The van der Waals surface area contributed by atoms with Crippen LogP contribution in [0.25, 0.3) is 0 Å². The Balaban J connectivity index is 1.74. The van der Waals surface area contributed by atoms with Gasteiger partial charge in [-0.25, -0.2) is 0 Å². The van der Waals surface area contributed by atoms with Crippen LogP contribution in [0.2, 0.25) is 0 Å². The number of fused-ring (bicyclic) bond motifs is 1. The standard InChI is InChI=1S/C14H22INOS/c1-2-8-17-9-4-7-16-12-5-3-6-13-11(12)10-14(15)18-13/h10,12,16H,2-9H2,1H3. The van der Waals surface area contributed by atoms with Crippen molar-refractivity contribution in [2.75, 3.05) is 19.8 Å². The van der Waals surface area contributed by atoms with Gasteiger partial charge in [-0.05, 0) is 72.9 Å². The average Bonchev–Trinajstić information content (AvgIpc) is 2.74. The van der Waals surface area contributed by atoms with Crippen molar-refractivity contribution in [3.05, 3.63) is 19.4 Å². The van der Waals surface area contributed by atoms with Crippen LogP contribution in [0.3, 0.4) is 0 Å². The minimum absolute atomic E-state index is 0.583. The summed E-state index contributed by atoms with van der Waals surface area (Å²) < 4.78 is 6.93. The van der Waals surface area contributed by atoms with Crippen molar-refractivity contribution >= 4 is 33.9 Å². The summed E-state index contributed by atoms with van der Waals surface area (Å²) in [6.07, 6.45) is 6.13. The SMILES string of the molecule is CCCOCCCNC1CCCc2sc(I)cc21. The molecule has 0 bridgehead atoms. The Kier molecular flexibility index (Phi) is 6.41. The van der Waals surface area contributed by atoms with Gasteiger partial charge in [0.1, 0.15) is 0 Å². The highest BCUT2D eigenvalue weighted by Gasteiger charge is 2.21. The van der Waals surface area contributed by atoms with E-state index in [1.807, 2.05) is 11.3 Å². The molecule has 0 fully saturated rings. The summed E-state index contributed by atoms with van der Waals surface area (Å²) in [5.74, 6) is 0. The van der Waals surface area contributed by atoms with Crippen molar-refractivity contribution in [3.63, 3.8) is 0 Å². The van der Waals surface area contributed by atoms with Gasteiger partial charge >= 0.3 is 0 Å². The smallest absolute Gasteiger partial charge is 0.0659 e. The Morgan fingerprint density at radius 3 is 3.22 bits per heavy atom. The minimum Gasteiger partial charge on any atom is -0.381 e. The fourth-order valence-electron chi connectivity index (χ4n) is 2.43. The predicted molar refractivity (Wildman–Crippen MR) is 86.4 cm³/mol. The van der Waals surface area contributed by atoms with Crippen LogP contribution in [0.1, 0.15) is 49.1 Å². The summed E-state index contributed by atoms with van der Waals surface area (Å²) in [4.78, 5) is 1.60. The van der Waals surface area contributed by atoms with Gasteiger partial charge in [0.2, 0.25) is 0 Å². The lowest BCUT2D eigenvalue weighted by Crippen LogP contribution is -2.25. The van der Waals surface area contributed by atoms with E-state index in [4.69, 9.17) is 4.74 Å². The van der Waals surface area contributed by atoms with Crippen molar-refractivity contribution < 1.29 is 4.74 Å². The van der Waals surface area contributed by atoms with Gasteiger partial charge in [0, 0.05) is 24.1 Å². The molecule has 4 heteroatoms. The van der Waals surface area contributed by atoms with Gasteiger partial charge in [-0.3, -0.25) is 0 Å². The van der Waals surface area contributed by atoms with Crippen LogP contribution in [0, 0.1) is 2.88 Å². The van der Waals surface area contributed by atoms with Crippen LogP contribution in [0.4, 0.5) is 0 Å². The second-order valence-corrected chi connectivity index (χ2v) is 7.82. The largest absolute Gasteiger partial charge is 0.381 e. The maximum Gasteiger partial charge on any atom is 0.0659 e. The van der Waals surface area contributed by atoms with E-state index in [9.17, 15) is 0 Å². The number of aryl methyl sites for hydroxylation is 1. The first-order valence-electron chi connectivity index (χ1n) is 6.90. The Hall–Kier alpha value is 0.350. The lowest BCUT2D eigenvalue weighted by molar-refractivity contribution is 0.131. The zero-order valence-electron chi connectivity index (χ0n) is 11.0. The molecule has 1 aliphatic rings. The highest BCUT2D eigenvalue weighted by atomic mass is 127. The number of halogens is 1. The van der Waals surface area contributed by atoms with Gasteiger partial charge in [0.05, 0.1) is 2.88 Å². The molecule has 1 heterocycles. The molecular weight excluding hydrogens is 357 g/mol. The average molecular weight is 379 g/mol. The number of hydrogen-bond donors (Lipinski definition) is 1. The number of thiophene rings is 1. The molecular formula is C14H22INOS. The number of ether oxygens (including phenoxy) is 1. The maximum absolute atomic E-state index is 5.51. The molecule has 2 rings (SSSR count). The summed E-state index contributed by atoms with van der Waals surface area (Å²) in [7, 11) is 0. The van der Waals surface area contributed by atoms with Crippen molar-refractivity contribution in [3.8, 4) is 0 Å².